The largest absolute Gasteiger partial charge is 0.335 e. The summed E-state index contributed by atoms with van der Waals surface area (Å²) in [4.78, 5) is 18.6. The van der Waals surface area contributed by atoms with Gasteiger partial charge in [0.2, 0.25) is 5.91 Å². The minimum Gasteiger partial charge on any atom is -0.335 e. The smallest absolute Gasteiger partial charge is 0.246 e. The van der Waals surface area contributed by atoms with Crippen LogP contribution in [-0.4, -0.2) is 28.9 Å². The van der Waals surface area contributed by atoms with Gasteiger partial charge in [0.05, 0.1) is 5.69 Å². The zero-order valence-electron chi connectivity index (χ0n) is 15.5. The van der Waals surface area contributed by atoms with E-state index in [1.807, 2.05) is 17.0 Å². The van der Waals surface area contributed by atoms with Gasteiger partial charge in [-0.25, -0.2) is 0 Å². The Hall–Kier alpha value is -2.16. The van der Waals surface area contributed by atoms with E-state index in [0.29, 0.717) is 13.1 Å². The number of aromatic nitrogens is 1. The fourth-order valence-electron chi connectivity index (χ4n) is 2.58. The summed E-state index contributed by atoms with van der Waals surface area (Å²) < 4.78 is 0. The fraction of sp³-hybridized carbons (Fsp3) is 0.429. The van der Waals surface area contributed by atoms with Crippen molar-refractivity contribution in [2.45, 2.75) is 40.0 Å². The number of carbonyl (C=O) groups is 1. The van der Waals surface area contributed by atoms with Crippen LogP contribution in [0.15, 0.2) is 49.7 Å². The van der Waals surface area contributed by atoms with Gasteiger partial charge >= 0.3 is 0 Å². The first kappa shape index (κ1) is 19.9. The Morgan fingerprint density at radius 2 is 2.08 bits per heavy atom. The monoisotopic (exact) mass is 326 g/mol. The Labute approximate surface area is 146 Å². The summed E-state index contributed by atoms with van der Waals surface area (Å²) in [6, 6.07) is 4.00. The average molecular weight is 326 g/mol. The van der Waals surface area contributed by atoms with Gasteiger partial charge in [0.15, 0.2) is 0 Å². The van der Waals surface area contributed by atoms with Crippen LogP contribution >= 0.6 is 0 Å². The molecule has 1 rings (SSSR count). The molecule has 3 nitrogen and oxygen atoms in total. The molecule has 1 unspecified atom stereocenters. The molecule has 24 heavy (non-hydrogen) atoms. The number of allylic oxidation sites excluding steroid dienone is 1. The maximum Gasteiger partial charge on any atom is 0.246 e. The van der Waals surface area contributed by atoms with Crippen molar-refractivity contribution in [2.75, 3.05) is 13.1 Å². The van der Waals surface area contributed by atoms with E-state index < -0.39 is 0 Å². The molecule has 0 aliphatic carbocycles. The first-order valence-electron chi connectivity index (χ1n) is 8.42. The molecule has 0 aromatic carbocycles. The van der Waals surface area contributed by atoms with Gasteiger partial charge < -0.3 is 4.90 Å². The van der Waals surface area contributed by atoms with E-state index in [1.54, 1.807) is 24.4 Å². The molecule has 1 heterocycles. The highest BCUT2D eigenvalue weighted by atomic mass is 16.2. The van der Waals surface area contributed by atoms with Crippen LogP contribution in [0.5, 0.6) is 0 Å². The zero-order chi connectivity index (χ0) is 18.2. The normalized spacial score (nSPS) is 12.8. The molecule has 1 aromatic heterocycles. The lowest BCUT2D eigenvalue weighted by molar-refractivity contribution is -0.126. The summed E-state index contributed by atoms with van der Waals surface area (Å²) in [5.41, 5.74) is 2.13. The molecule has 0 aliphatic heterocycles. The molecule has 0 N–H and O–H groups in total. The van der Waals surface area contributed by atoms with Crippen molar-refractivity contribution in [3.8, 4) is 0 Å². The van der Waals surface area contributed by atoms with Crippen LogP contribution in [0.1, 0.15) is 51.3 Å². The summed E-state index contributed by atoms with van der Waals surface area (Å²) in [6.45, 7) is 17.3. The lowest BCUT2D eigenvalue weighted by Crippen LogP contribution is -2.36. The molecular formula is C21H30N2O. The van der Waals surface area contributed by atoms with Gasteiger partial charge in [0.25, 0.3) is 0 Å². The van der Waals surface area contributed by atoms with E-state index in [2.05, 4.69) is 51.9 Å². The molecule has 130 valence electrons. The van der Waals surface area contributed by atoms with Gasteiger partial charge in [0.1, 0.15) is 0 Å². The summed E-state index contributed by atoms with van der Waals surface area (Å²) in [5.74, 6) is 0.318. The number of hydrogen-bond acceptors (Lipinski definition) is 2. The molecule has 0 radical (unpaired) electrons. The molecule has 3 heteroatoms. The molecular weight excluding hydrogens is 296 g/mol. The van der Waals surface area contributed by atoms with Crippen LogP contribution in [0.25, 0.3) is 6.08 Å². The Balaban J connectivity index is 2.71. The number of rotatable bonds is 8. The Kier molecular flexibility index (Phi) is 7.63. The van der Waals surface area contributed by atoms with Crippen molar-refractivity contribution in [2.24, 2.45) is 5.41 Å². The van der Waals surface area contributed by atoms with Crippen LogP contribution in [0.2, 0.25) is 0 Å². The highest BCUT2D eigenvalue weighted by Gasteiger charge is 2.18. The van der Waals surface area contributed by atoms with Crippen molar-refractivity contribution in [1.82, 2.24) is 9.88 Å². The summed E-state index contributed by atoms with van der Waals surface area (Å²) in [5, 5.41) is 0. The fourth-order valence-corrected chi connectivity index (χ4v) is 2.58. The highest BCUT2D eigenvalue weighted by molar-refractivity contribution is 5.87. The number of nitrogens with zero attached hydrogens (tertiary/aromatic N) is 2. The van der Waals surface area contributed by atoms with Crippen molar-refractivity contribution in [3.05, 3.63) is 61.0 Å². The summed E-state index contributed by atoms with van der Waals surface area (Å²) in [7, 11) is 0. The van der Waals surface area contributed by atoms with Gasteiger partial charge in [-0.15, -0.1) is 6.58 Å². The second-order valence-electron chi connectivity index (χ2n) is 7.29. The third-order valence-electron chi connectivity index (χ3n) is 3.67. The van der Waals surface area contributed by atoms with Crippen LogP contribution in [-0.2, 0) is 4.79 Å². The lowest BCUT2D eigenvalue weighted by Gasteiger charge is -2.28. The standard InChI is InChI=1S/C21H30N2O/c1-7-15-23(16-21(4,5)6)20(24)13-9-11-17(3)18-12-10-14-22-19(18)8-2/h7-10,12-14,17H,1-2,11,15-16H2,3-6H3. The van der Waals surface area contributed by atoms with Crippen molar-refractivity contribution in [1.29, 1.82) is 0 Å². The van der Waals surface area contributed by atoms with Crippen LogP contribution < -0.4 is 0 Å². The second-order valence-corrected chi connectivity index (χ2v) is 7.29. The van der Waals surface area contributed by atoms with Gasteiger partial charge in [-0.3, -0.25) is 9.78 Å². The van der Waals surface area contributed by atoms with Crippen LogP contribution in [0.4, 0.5) is 0 Å². The van der Waals surface area contributed by atoms with Crippen LogP contribution in [0, 0.1) is 5.41 Å². The first-order chi connectivity index (χ1) is 11.3. The number of pyridine rings is 1. The second kappa shape index (κ2) is 9.21. The summed E-state index contributed by atoms with van der Waals surface area (Å²) >= 11 is 0. The quantitative estimate of drug-likeness (QED) is 0.506. The number of carbonyl (C=O) groups excluding carboxylic acids is 1. The summed E-state index contributed by atoms with van der Waals surface area (Å²) in [6.07, 6.45) is 9.73. The molecule has 1 atom stereocenters. The van der Waals surface area contributed by atoms with Gasteiger partial charge in [0, 0.05) is 19.3 Å². The number of hydrogen-bond donors (Lipinski definition) is 0. The van der Waals surface area contributed by atoms with Crippen molar-refractivity contribution < 1.29 is 4.79 Å². The molecule has 0 saturated heterocycles. The Bertz CT molecular complexity index is 596. The molecule has 1 amide bonds. The predicted octanol–water partition coefficient (Wildman–Crippen LogP) is 4.84. The average Bonchev–Trinajstić information content (AvgIpc) is 2.52. The van der Waals surface area contributed by atoms with Gasteiger partial charge in [-0.05, 0) is 41.5 Å². The third-order valence-corrected chi connectivity index (χ3v) is 3.67. The van der Waals surface area contributed by atoms with E-state index in [-0.39, 0.29) is 17.2 Å². The maximum atomic E-state index is 12.4. The van der Waals surface area contributed by atoms with E-state index in [4.69, 9.17) is 0 Å². The zero-order valence-corrected chi connectivity index (χ0v) is 15.5. The van der Waals surface area contributed by atoms with E-state index in [0.717, 1.165) is 17.7 Å². The SMILES string of the molecule is C=CCN(CC(C)(C)C)C(=O)C=CCC(C)c1cccnc1C=C. The Morgan fingerprint density at radius 1 is 1.38 bits per heavy atom. The third kappa shape index (κ3) is 6.53. The first-order valence-corrected chi connectivity index (χ1v) is 8.42. The van der Waals surface area contributed by atoms with E-state index >= 15 is 0 Å². The molecule has 0 fully saturated rings. The van der Waals surface area contributed by atoms with Crippen molar-refractivity contribution in [3.63, 3.8) is 0 Å². The minimum atomic E-state index is 0.0344. The van der Waals surface area contributed by atoms with E-state index in [1.165, 1.54) is 0 Å². The molecule has 0 bridgehead atoms. The lowest BCUT2D eigenvalue weighted by atomic mass is 9.95. The predicted molar refractivity (Wildman–Crippen MR) is 103 cm³/mol. The van der Waals surface area contributed by atoms with Crippen molar-refractivity contribution >= 4 is 12.0 Å². The van der Waals surface area contributed by atoms with Gasteiger partial charge in [-0.1, -0.05) is 52.5 Å². The highest BCUT2D eigenvalue weighted by Crippen LogP contribution is 2.22. The molecule has 0 spiro atoms. The van der Waals surface area contributed by atoms with Gasteiger partial charge in [-0.2, -0.15) is 0 Å². The van der Waals surface area contributed by atoms with E-state index in [9.17, 15) is 4.79 Å². The molecule has 0 saturated carbocycles. The topological polar surface area (TPSA) is 33.2 Å². The molecule has 0 aliphatic rings. The Morgan fingerprint density at radius 3 is 2.67 bits per heavy atom. The minimum absolute atomic E-state index is 0.0344. The molecule has 1 aromatic rings. The maximum absolute atomic E-state index is 12.4. The van der Waals surface area contributed by atoms with Crippen LogP contribution in [0.3, 0.4) is 0 Å². The number of amides is 1.